The number of hydrogen-bond acceptors (Lipinski definition) is 2. The summed E-state index contributed by atoms with van der Waals surface area (Å²) in [5.41, 5.74) is 0.426. The van der Waals surface area contributed by atoms with Crippen LogP contribution in [0.4, 0.5) is 4.39 Å². The molecule has 0 atom stereocenters. The highest BCUT2D eigenvalue weighted by atomic mass is 19.1. The summed E-state index contributed by atoms with van der Waals surface area (Å²) in [5.74, 6) is -2.10. The summed E-state index contributed by atoms with van der Waals surface area (Å²) in [5, 5.41) is 8.54. The van der Waals surface area contributed by atoms with Crippen molar-refractivity contribution < 1.29 is 19.1 Å². The van der Waals surface area contributed by atoms with Gasteiger partial charge in [0.15, 0.2) is 0 Å². The van der Waals surface area contributed by atoms with E-state index in [1.165, 1.54) is 23.1 Å². The molecule has 19 heavy (non-hydrogen) atoms. The maximum absolute atomic E-state index is 13.7. The van der Waals surface area contributed by atoms with Crippen LogP contribution in [0, 0.1) is 5.82 Å². The van der Waals surface area contributed by atoms with E-state index in [0.717, 1.165) is 12.1 Å². The van der Waals surface area contributed by atoms with Gasteiger partial charge in [-0.1, -0.05) is 6.07 Å². The molecule has 0 aliphatic carbocycles. The third-order valence-electron chi connectivity index (χ3n) is 2.69. The van der Waals surface area contributed by atoms with Gasteiger partial charge in [-0.2, -0.15) is 0 Å². The van der Waals surface area contributed by atoms with Crippen LogP contribution >= 0.6 is 0 Å². The monoisotopic (exact) mass is 265 g/mol. The smallest absolute Gasteiger partial charge is 0.328 e. The molecule has 0 aliphatic rings. The normalized spacial score (nSPS) is 10.7. The Morgan fingerprint density at radius 2 is 1.95 bits per heavy atom. The summed E-state index contributed by atoms with van der Waals surface area (Å²) < 4.78 is 13.7. The van der Waals surface area contributed by atoms with E-state index in [0.29, 0.717) is 18.7 Å². The van der Waals surface area contributed by atoms with E-state index in [2.05, 4.69) is 0 Å². The molecule has 1 amide bonds. The van der Waals surface area contributed by atoms with Crippen molar-refractivity contribution in [3.05, 3.63) is 41.2 Å². The Hall–Kier alpha value is -2.17. The Morgan fingerprint density at radius 1 is 1.32 bits per heavy atom. The lowest BCUT2D eigenvalue weighted by molar-refractivity contribution is -0.131. The van der Waals surface area contributed by atoms with Gasteiger partial charge >= 0.3 is 5.97 Å². The van der Waals surface area contributed by atoms with Crippen LogP contribution in [0.3, 0.4) is 0 Å². The lowest BCUT2D eigenvalue weighted by Crippen LogP contribution is -2.31. The first-order valence-electron chi connectivity index (χ1n) is 5.99. The second-order valence-electron chi connectivity index (χ2n) is 3.89. The average molecular weight is 265 g/mol. The van der Waals surface area contributed by atoms with Gasteiger partial charge < -0.3 is 10.0 Å². The van der Waals surface area contributed by atoms with E-state index in [9.17, 15) is 14.0 Å². The molecule has 0 bridgehead atoms. The summed E-state index contributed by atoms with van der Waals surface area (Å²) in [6.07, 6.45) is 2.26. The quantitative estimate of drug-likeness (QED) is 0.832. The van der Waals surface area contributed by atoms with E-state index in [1.807, 2.05) is 13.8 Å². The molecule has 1 rings (SSSR count). The molecule has 1 aromatic rings. The number of carbonyl (C=O) groups is 2. The zero-order valence-corrected chi connectivity index (χ0v) is 10.9. The highest BCUT2D eigenvalue weighted by Crippen LogP contribution is 2.14. The van der Waals surface area contributed by atoms with Gasteiger partial charge in [-0.15, -0.1) is 0 Å². The average Bonchev–Trinajstić information content (AvgIpc) is 2.38. The van der Waals surface area contributed by atoms with E-state index >= 15 is 0 Å². The van der Waals surface area contributed by atoms with E-state index in [1.54, 1.807) is 0 Å². The van der Waals surface area contributed by atoms with Crippen LogP contribution in [0.2, 0.25) is 0 Å². The number of nitrogens with zero attached hydrogens (tertiary/aromatic N) is 1. The number of carbonyl (C=O) groups excluding carboxylic acids is 1. The first-order chi connectivity index (χ1) is 8.99. The highest BCUT2D eigenvalue weighted by Gasteiger charge is 2.16. The van der Waals surface area contributed by atoms with Crippen LogP contribution in [0.5, 0.6) is 0 Å². The fraction of sp³-hybridized carbons (Fsp3) is 0.286. The van der Waals surface area contributed by atoms with Crippen molar-refractivity contribution in [3.63, 3.8) is 0 Å². The molecule has 0 fully saturated rings. The molecule has 0 radical (unpaired) electrons. The summed E-state index contributed by atoms with van der Waals surface area (Å²) >= 11 is 0. The van der Waals surface area contributed by atoms with E-state index in [4.69, 9.17) is 5.11 Å². The number of carboxylic acids is 1. The van der Waals surface area contributed by atoms with Gasteiger partial charge in [0.1, 0.15) is 5.82 Å². The van der Waals surface area contributed by atoms with Gasteiger partial charge in [0.05, 0.1) is 5.56 Å². The number of carboxylic acid groups (broad SMARTS) is 1. The maximum Gasteiger partial charge on any atom is 0.328 e. The predicted octanol–water partition coefficient (Wildman–Crippen LogP) is 2.41. The largest absolute Gasteiger partial charge is 0.478 e. The molecule has 0 saturated carbocycles. The van der Waals surface area contributed by atoms with Crippen molar-refractivity contribution in [2.75, 3.05) is 13.1 Å². The molecule has 0 unspecified atom stereocenters. The lowest BCUT2D eigenvalue weighted by Gasteiger charge is -2.19. The zero-order chi connectivity index (χ0) is 14.4. The molecule has 0 aromatic heterocycles. The number of rotatable bonds is 5. The number of benzene rings is 1. The fourth-order valence-corrected chi connectivity index (χ4v) is 1.66. The molecular formula is C14H16FNO3. The van der Waals surface area contributed by atoms with Gasteiger partial charge in [-0.05, 0) is 37.6 Å². The lowest BCUT2D eigenvalue weighted by atomic mass is 10.1. The minimum atomic E-state index is -1.10. The van der Waals surface area contributed by atoms with Crippen molar-refractivity contribution >= 4 is 18.0 Å². The van der Waals surface area contributed by atoms with Crippen molar-refractivity contribution in [2.24, 2.45) is 0 Å². The highest BCUT2D eigenvalue weighted by molar-refractivity contribution is 5.95. The first-order valence-corrected chi connectivity index (χ1v) is 5.99. The molecule has 102 valence electrons. The summed E-state index contributed by atoms with van der Waals surface area (Å²) in [4.78, 5) is 24.0. The molecular weight excluding hydrogens is 249 g/mol. The fourth-order valence-electron chi connectivity index (χ4n) is 1.66. The predicted molar refractivity (Wildman–Crippen MR) is 70.3 cm³/mol. The molecule has 1 N–H and O–H groups in total. The molecule has 4 nitrogen and oxygen atoms in total. The zero-order valence-electron chi connectivity index (χ0n) is 10.9. The maximum atomic E-state index is 13.7. The van der Waals surface area contributed by atoms with Gasteiger partial charge in [0.2, 0.25) is 0 Å². The Morgan fingerprint density at radius 3 is 2.47 bits per heavy atom. The van der Waals surface area contributed by atoms with Crippen molar-refractivity contribution in [1.82, 2.24) is 4.90 Å². The second-order valence-corrected chi connectivity index (χ2v) is 3.89. The van der Waals surface area contributed by atoms with Gasteiger partial charge in [0, 0.05) is 19.2 Å². The Labute approximate surface area is 111 Å². The third-order valence-corrected chi connectivity index (χ3v) is 2.69. The van der Waals surface area contributed by atoms with Crippen LogP contribution in [0.15, 0.2) is 24.3 Å². The number of halogens is 1. The first kappa shape index (κ1) is 14.9. The standard InChI is InChI=1S/C14H16FNO3/c1-3-16(4-2)14(19)11-9-10(5-7-12(11)15)6-8-13(17)18/h5-9H,3-4H2,1-2H3,(H,17,18)/b8-6+. The number of hydrogen-bond donors (Lipinski definition) is 1. The number of aliphatic carboxylic acids is 1. The molecule has 5 heteroatoms. The minimum absolute atomic E-state index is 0.0451. The van der Waals surface area contributed by atoms with Crippen molar-refractivity contribution in [1.29, 1.82) is 0 Å². The molecule has 1 aromatic carbocycles. The van der Waals surface area contributed by atoms with E-state index < -0.39 is 17.7 Å². The molecule has 0 aliphatic heterocycles. The molecule has 0 spiro atoms. The van der Waals surface area contributed by atoms with Crippen LogP contribution in [-0.2, 0) is 4.79 Å². The van der Waals surface area contributed by atoms with Gasteiger partial charge in [-0.3, -0.25) is 4.79 Å². The summed E-state index contributed by atoms with van der Waals surface area (Å²) in [7, 11) is 0. The summed E-state index contributed by atoms with van der Waals surface area (Å²) in [6, 6.07) is 3.95. The molecule has 0 saturated heterocycles. The molecule has 0 heterocycles. The van der Waals surface area contributed by atoms with Gasteiger partial charge in [-0.25, -0.2) is 9.18 Å². The topological polar surface area (TPSA) is 57.6 Å². The van der Waals surface area contributed by atoms with Crippen molar-refractivity contribution in [3.8, 4) is 0 Å². The SMILES string of the molecule is CCN(CC)C(=O)c1cc(/C=C/C(=O)O)ccc1F. The van der Waals surface area contributed by atoms with Gasteiger partial charge in [0.25, 0.3) is 5.91 Å². The van der Waals surface area contributed by atoms with Crippen LogP contribution in [0.25, 0.3) is 6.08 Å². The Bertz CT molecular complexity index is 507. The Balaban J connectivity index is 3.10. The number of amides is 1. The van der Waals surface area contributed by atoms with Crippen LogP contribution < -0.4 is 0 Å². The van der Waals surface area contributed by atoms with Crippen molar-refractivity contribution in [2.45, 2.75) is 13.8 Å². The summed E-state index contributed by atoms with van der Waals surface area (Å²) in [6.45, 7) is 4.61. The third kappa shape index (κ3) is 3.91. The van der Waals surface area contributed by atoms with Crippen LogP contribution in [0.1, 0.15) is 29.8 Å². The Kier molecular flexibility index (Phi) is 5.23. The second kappa shape index (κ2) is 6.68. The van der Waals surface area contributed by atoms with E-state index in [-0.39, 0.29) is 5.56 Å². The van der Waals surface area contributed by atoms with Crippen LogP contribution in [-0.4, -0.2) is 35.0 Å². The minimum Gasteiger partial charge on any atom is -0.478 e.